The lowest BCUT2D eigenvalue weighted by Gasteiger charge is -2.08. The summed E-state index contributed by atoms with van der Waals surface area (Å²) in [6.45, 7) is 7.73. The van der Waals surface area contributed by atoms with E-state index >= 15 is 0 Å². The van der Waals surface area contributed by atoms with E-state index in [-0.39, 0.29) is 0 Å². The van der Waals surface area contributed by atoms with Gasteiger partial charge in [-0.25, -0.2) is 0 Å². The third-order valence-electron chi connectivity index (χ3n) is 3.25. The largest absolute Gasteiger partial charge is 0.491 e. The van der Waals surface area contributed by atoms with Gasteiger partial charge in [0.05, 0.1) is 46.2 Å². The van der Waals surface area contributed by atoms with Gasteiger partial charge in [0.15, 0.2) is 0 Å². The summed E-state index contributed by atoms with van der Waals surface area (Å²) in [6, 6.07) is 9.72. The second-order valence-electron chi connectivity index (χ2n) is 5.32. The molecule has 0 radical (unpaired) electrons. The SMILES string of the molecule is CCCCCOCCOCCOCCOCCOc1ccccc1. The van der Waals surface area contributed by atoms with Crippen molar-refractivity contribution in [2.24, 2.45) is 0 Å². The molecule has 0 aromatic heterocycles. The fourth-order valence-corrected chi connectivity index (χ4v) is 1.95. The van der Waals surface area contributed by atoms with Gasteiger partial charge in [-0.2, -0.15) is 0 Å². The number of rotatable bonds is 17. The van der Waals surface area contributed by atoms with Crippen molar-refractivity contribution in [2.75, 3.05) is 59.5 Å². The molecule has 0 saturated heterocycles. The predicted molar refractivity (Wildman–Crippen MR) is 94.7 cm³/mol. The van der Waals surface area contributed by atoms with Crippen LogP contribution in [0.5, 0.6) is 5.75 Å². The van der Waals surface area contributed by atoms with Crippen LogP contribution in [-0.4, -0.2) is 59.5 Å². The first-order valence-corrected chi connectivity index (χ1v) is 8.92. The molecule has 0 heterocycles. The van der Waals surface area contributed by atoms with Crippen LogP contribution in [0.2, 0.25) is 0 Å². The van der Waals surface area contributed by atoms with Crippen molar-refractivity contribution in [3.63, 3.8) is 0 Å². The Morgan fingerprint density at radius 3 is 1.62 bits per heavy atom. The number of hydrogen-bond donors (Lipinski definition) is 0. The van der Waals surface area contributed by atoms with Gasteiger partial charge in [-0.05, 0) is 18.6 Å². The van der Waals surface area contributed by atoms with Crippen LogP contribution >= 0.6 is 0 Å². The summed E-state index contributed by atoms with van der Waals surface area (Å²) in [5, 5.41) is 0. The van der Waals surface area contributed by atoms with Crippen molar-refractivity contribution in [2.45, 2.75) is 26.2 Å². The van der Waals surface area contributed by atoms with E-state index in [0.717, 1.165) is 18.8 Å². The van der Waals surface area contributed by atoms with E-state index in [1.54, 1.807) is 0 Å². The Bertz CT molecular complexity index is 358. The van der Waals surface area contributed by atoms with Crippen LogP contribution in [0.1, 0.15) is 26.2 Å². The van der Waals surface area contributed by atoms with Gasteiger partial charge >= 0.3 is 0 Å². The summed E-state index contributed by atoms with van der Waals surface area (Å²) in [4.78, 5) is 0. The van der Waals surface area contributed by atoms with Crippen molar-refractivity contribution >= 4 is 0 Å². The molecule has 0 spiro atoms. The summed E-state index contributed by atoms with van der Waals surface area (Å²) in [5.41, 5.74) is 0. The number of ether oxygens (including phenoxy) is 5. The zero-order chi connectivity index (χ0) is 17.1. The molecule has 0 N–H and O–H groups in total. The van der Waals surface area contributed by atoms with Crippen LogP contribution in [0.4, 0.5) is 0 Å². The Hall–Kier alpha value is -1.14. The van der Waals surface area contributed by atoms with Crippen LogP contribution in [0.3, 0.4) is 0 Å². The summed E-state index contributed by atoms with van der Waals surface area (Å²) < 4.78 is 27.3. The van der Waals surface area contributed by atoms with Gasteiger partial charge in [0.2, 0.25) is 0 Å². The van der Waals surface area contributed by atoms with Crippen molar-refractivity contribution in [3.05, 3.63) is 30.3 Å². The normalized spacial score (nSPS) is 10.9. The molecule has 24 heavy (non-hydrogen) atoms. The molecule has 0 aliphatic heterocycles. The number of unbranched alkanes of at least 4 members (excludes halogenated alkanes) is 2. The van der Waals surface area contributed by atoms with Crippen molar-refractivity contribution < 1.29 is 23.7 Å². The van der Waals surface area contributed by atoms with E-state index < -0.39 is 0 Å². The minimum atomic E-state index is 0.547. The summed E-state index contributed by atoms with van der Waals surface area (Å²) in [6.07, 6.45) is 3.59. The Labute approximate surface area is 146 Å². The first-order chi connectivity index (χ1) is 11.9. The highest BCUT2D eigenvalue weighted by atomic mass is 16.6. The average molecular weight is 340 g/mol. The Balaban J connectivity index is 1.70. The first-order valence-electron chi connectivity index (χ1n) is 8.92. The molecular formula is C19H32O5. The van der Waals surface area contributed by atoms with Gasteiger partial charge in [0.1, 0.15) is 12.4 Å². The van der Waals surface area contributed by atoms with Crippen LogP contribution in [0.15, 0.2) is 30.3 Å². The Morgan fingerprint density at radius 2 is 1.08 bits per heavy atom. The molecule has 1 aromatic rings. The summed E-state index contributed by atoms with van der Waals surface area (Å²) >= 11 is 0. The highest BCUT2D eigenvalue weighted by Gasteiger charge is 1.94. The predicted octanol–water partition coefficient (Wildman–Crippen LogP) is 3.32. The molecule has 0 fully saturated rings. The Morgan fingerprint density at radius 1 is 0.583 bits per heavy atom. The number of para-hydroxylation sites is 1. The van der Waals surface area contributed by atoms with Gasteiger partial charge < -0.3 is 23.7 Å². The molecule has 5 nitrogen and oxygen atoms in total. The highest BCUT2D eigenvalue weighted by Crippen LogP contribution is 2.07. The van der Waals surface area contributed by atoms with E-state index in [1.165, 1.54) is 12.8 Å². The Kier molecular flexibility index (Phi) is 14.6. The molecule has 0 aliphatic carbocycles. The molecule has 0 bridgehead atoms. The molecule has 0 unspecified atom stereocenters. The summed E-state index contributed by atoms with van der Waals surface area (Å²) in [5.74, 6) is 0.865. The monoisotopic (exact) mass is 340 g/mol. The molecule has 0 amide bonds. The third kappa shape index (κ3) is 13.3. The fraction of sp³-hybridized carbons (Fsp3) is 0.684. The van der Waals surface area contributed by atoms with Crippen molar-refractivity contribution in [3.8, 4) is 5.75 Å². The van der Waals surface area contributed by atoms with Crippen molar-refractivity contribution in [1.29, 1.82) is 0 Å². The number of hydrogen-bond acceptors (Lipinski definition) is 5. The van der Waals surface area contributed by atoms with E-state index in [2.05, 4.69) is 6.92 Å². The fourth-order valence-electron chi connectivity index (χ4n) is 1.95. The molecule has 0 atom stereocenters. The van der Waals surface area contributed by atoms with Gasteiger partial charge in [0.25, 0.3) is 0 Å². The average Bonchev–Trinajstić information content (AvgIpc) is 2.62. The molecular weight excluding hydrogens is 308 g/mol. The quantitative estimate of drug-likeness (QED) is 0.407. The smallest absolute Gasteiger partial charge is 0.119 e. The third-order valence-corrected chi connectivity index (χ3v) is 3.25. The maximum Gasteiger partial charge on any atom is 0.119 e. The maximum absolute atomic E-state index is 5.52. The minimum absolute atomic E-state index is 0.547. The van der Waals surface area contributed by atoms with Crippen LogP contribution in [0, 0.1) is 0 Å². The number of benzene rings is 1. The zero-order valence-corrected chi connectivity index (χ0v) is 14.9. The lowest BCUT2D eigenvalue weighted by atomic mass is 10.3. The molecule has 1 rings (SSSR count). The molecule has 0 saturated carbocycles. The minimum Gasteiger partial charge on any atom is -0.491 e. The lowest BCUT2D eigenvalue weighted by Crippen LogP contribution is -2.13. The van der Waals surface area contributed by atoms with Gasteiger partial charge in [-0.15, -0.1) is 0 Å². The standard InChI is InChI=1S/C19H32O5/c1-2-3-7-10-20-11-12-21-13-14-22-15-16-23-17-18-24-19-8-5-4-6-9-19/h4-6,8-9H,2-3,7,10-18H2,1H3. The second-order valence-corrected chi connectivity index (χ2v) is 5.32. The van der Waals surface area contributed by atoms with E-state index in [4.69, 9.17) is 23.7 Å². The van der Waals surface area contributed by atoms with E-state index in [1.807, 2.05) is 30.3 Å². The second kappa shape index (κ2) is 16.7. The first kappa shape index (κ1) is 20.9. The van der Waals surface area contributed by atoms with Gasteiger partial charge in [-0.1, -0.05) is 38.0 Å². The molecule has 5 heteroatoms. The van der Waals surface area contributed by atoms with Gasteiger partial charge in [0, 0.05) is 6.61 Å². The molecule has 0 aliphatic rings. The van der Waals surface area contributed by atoms with Crippen molar-refractivity contribution in [1.82, 2.24) is 0 Å². The van der Waals surface area contributed by atoms with E-state index in [9.17, 15) is 0 Å². The summed E-state index contributed by atoms with van der Waals surface area (Å²) in [7, 11) is 0. The van der Waals surface area contributed by atoms with Gasteiger partial charge in [-0.3, -0.25) is 0 Å². The molecule has 1 aromatic carbocycles. The lowest BCUT2D eigenvalue weighted by molar-refractivity contribution is -0.00485. The molecule has 138 valence electrons. The van der Waals surface area contributed by atoms with Crippen LogP contribution in [0.25, 0.3) is 0 Å². The van der Waals surface area contributed by atoms with Crippen LogP contribution < -0.4 is 4.74 Å². The zero-order valence-electron chi connectivity index (χ0n) is 14.9. The van der Waals surface area contributed by atoms with Crippen LogP contribution in [-0.2, 0) is 18.9 Å². The van der Waals surface area contributed by atoms with E-state index in [0.29, 0.717) is 52.9 Å². The maximum atomic E-state index is 5.52. The highest BCUT2D eigenvalue weighted by molar-refractivity contribution is 5.20. The topological polar surface area (TPSA) is 46.2 Å².